The van der Waals surface area contributed by atoms with Crippen LogP contribution in [-0.4, -0.2) is 59.2 Å². The van der Waals surface area contributed by atoms with Crippen LogP contribution in [0.15, 0.2) is 126 Å². The Labute approximate surface area is 348 Å². The van der Waals surface area contributed by atoms with Crippen LogP contribution < -0.4 is 26.7 Å². The van der Waals surface area contributed by atoms with Crippen molar-refractivity contribution in [1.29, 1.82) is 0 Å². The minimum atomic E-state index is -1.22. The first-order chi connectivity index (χ1) is 28.1. The average Bonchev–Trinajstić information content (AvgIpc) is 3.20. The third-order valence-corrected chi connectivity index (χ3v) is 9.26. The highest BCUT2D eigenvalue weighted by Crippen LogP contribution is 2.37. The molecule has 0 spiro atoms. The molecule has 4 aromatic carbocycles. The molecule has 0 radical (unpaired) electrons. The lowest BCUT2D eigenvalue weighted by molar-refractivity contribution is -0.133. The van der Waals surface area contributed by atoms with Gasteiger partial charge in [-0.2, -0.15) is 5.10 Å². The van der Waals surface area contributed by atoms with E-state index >= 15 is 0 Å². The molecule has 0 bridgehead atoms. The van der Waals surface area contributed by atoms with Gasteiger partial charge in [-0.3, -0.25) is 19.2 Å². The highest BCUT2D eigenvalue weighted by molar-refractivity contribution is 5.94. The molecule has 4 rings (SSSR count). The fourth-order valence-electron chi connectivity index (χ4n) is 6.60. The number of nitrogens with one attached hydrogen (secondary N) is 5. The minimum absolute atomic E-state index is 0.00768. The molecule has 3 atom stereocenters. The topological polar surface area (TPSA) is 167 Å². The zero-order valence-corrected chi connectivity index (χ0v) is 35.1. The SMILES string of the molecule is CC(C)=NNC(=O)C(CCC(=O)NC(c1ccccc1)(c1ccccc1)c1ccccc1)NC(=O)C(Cc1ccccc1)NC(=O)C(CC(C)C)NC(=O)OC(C)(C)C. The van der Waals surface area contributed by atoms with Crippen molar-refractivity contribution < 1.29 is 28.7 Å². The van der Waals surface area contributed by atoms with Crippen LogP contribution in [0.3, 0.4) is 0 Å². The predicted octanol–water partition coefficient (Wildman–Crippen LogP) is 6.54. The van der Waals surface area contributed by atoms with Gasteiger partial charge in [-0.05, 0) is 75.6 Å². The molecule has 0 aliphatic heterocycles. The molecule has 5 N–H and O–H groups in total. The summed E-state index contributed by atoms with van der Waals surface area (Å²) in [5, 5.41) is 15.7. The van der Waals surface area contributed by atoms with E-state index in [0.717, 1.165) is 22.3 Å². The van der Waals surface area contributed by atoms with Crippen molar-refractivity contribution in [1.82, 2.24) is 26.7 Å². The van der Waals surface area contributed by atoms with Gasteiger partial charge in [0.25, 0.3) is 5.91 Å². The molecular formula is C47H58N6O6. The van der Waals surface area contributed by atoms with Gasteiger partial charge in [-0.15, -0.1) is 0 Å². The van der Waals surface area contributed by atoms with Gasteiger partial charge in [0.15, 0.2) is 0 Å². The molecular weight excluding hydrogens is 745 g/mol. The van der Waals surface area contributed by atoms with Crippen molar-refractivity contribution >= 4 is 35.4 Å². The molecule has 3 unspecified atom stereocenters. The normalized spacial score (nSPS) is 12.9. The number of amides is 5. The number of rotatable bonds is 18. The van der Waals surface area contributed by atoms with Crippen LogP contribution in [0.25, 0.3) is 0 Å². The summed E-state index contributed by atoms with van der Waals surface area (Å²) in [7, 11) is 0. The molecule has 0 aliphatic rings. The van der Waals surface area contributed by atoms with Gasteiger partial charge in [0.05, 0.1) is 0 Å². The van der Waals surface area contributed by atoms with Gasteiger partial charge in [-0.1, -0.05) is 135 Å². The highest BCUT2D eigenvalue weighted by Gasteiger charge is 2.38. The van der Waals surface area contributed by atoms with Crippen molar-refractivity contribution in [2.45, 2.75) is 103 Å². The van der Waals surface area contributed by atoms with Crippen LogP contribution in [0.4, 0.5) is 4.79 Å². The van der Waals surface area contributed by atoms with Crippen LogP contribution in [0.2, 0.25) is 0 Å². The minimum Gasteiger partial charge on any atom is -0.444 e. The summed E-state index contributed by atoms with van der Waals surface area (Å²) in [6.45, 7) is 12.4. The first kappa shape index (κ1) is 45.4. The Morgan fingerprint density at radius 3 is 1.53 bits per heavy atom. The number of hydrogen-bond acceptors (Lipinski definition) is 7. The van der Waals surface area contributed by atoms with Gasteiger partial charge in [0, 0.05) is 18.6 Å². The Morgan fingerprint density at radius 2 is 1.07 bits per heavy atom. The second-order valence-electron chi connectivity index (χ2n) is 16.1. The van der Waals surface area contributed by atoms with Crippen LogP contribution >= 0.6 is 0 Å². The predicted molar refractivity (Wildman–Crippen MR) is 230 cm³/mol. The summed E-state index contributed by atoms with van der Waals surface area (Å²) >= 11 is 0. The Bertz CT molecular complexity index is 1920. The molecule has 0 aliphatic carbocycles. The van der Waals surface area contributed by atoms with Crippen LogP contribution in [0.5, 0.6) is 0 Å². The summed E-state index contributed by atoms with van der Waals surface area (Å²) in [6.07, 6.45) is -0.671. The monoisotopic (exact) mass is 802 g/mol. The van der Waals surface area contributed by atoms with E-state index < -0.39 is 53.1 Å². The zero-order valence-electron chi connectivity index (χ0n) is 35.1. The summed E-state index contributed by atoms with van der Waals surface area (Å²) in [6, 6.07) is 34.7. The quantitative estimate of drug-likeness (QED) is 0.0436. The van der Waals surface area contributed by atoms with Gasteiger partial charge < -0.3 is 26.0 Å². The van der Waals surface area contributed by atoms with Crippen molar-refractivity contribution in [3.8, 4) is 0 Å². The maximum Gasteiger partial charge on any atom is 0.408 e. The second kappa shape index (κ2) is 21.5. The molecule has 59 heavy (non-hydrogen) atoms. The molecule has 4 aromatic rings. The first-order valence-electron chi connectivity index (χ1n) is 20.0. The number of ether oxygens (including phenoxy) is 1. The molecule has 12 heteroatoms. The Balaban J connectivity index is 1.63. The van der Waals surface area contributed by atoms with Crippen molar-refractivity contribution in [2.75, 3.05) is 0 Å². The lowest BCUT2D eigenvalue weighted by atomic mass is 9.77. The zero-order chi connectivity index (χ0) is 43.0. The fourth-order valence-corrected chi connectivity index (χ4v) is 6.60. The summed E-state index contributed by atoms with van der Waals surface area (Å²) < 4.78 is 5.42. The fraction of sp³-hybridized carbons (Fsp3) is 0.362. The third-order valence-electron chi connectivity index (χ3n) is 9.26. The van der Waals surface area contributed by atoms with Gasteiger partial charge in [0.2, 0.25) is 17.7 Å². The van der Waals surface area contributed by atoms with E-state index in [-0.39, 0.29) is 37.5 Å². The average molecular weight is 803 g/mol. The lowest BCUT2D eigenvalue weighted by Gasteiger charge is -2.37. The number of benzene rings is 4. The van der Waals surface area contributed by atoms with Crippen molar-refractivity contribution in [3.63, 3.8) is 0 Å². The van der Waals surface area contributed by atoms with Crippen molar-refractivity contribution in [2.24, 2.45) is 11.0 Å². The van der Waals surface area contributed by atoms with Gasteiger partial charge in [0.1, 0.15) is 29.3 Å². The molecule has 0 saturated heterocycles. The van der Waals surface area contributed by atoms with E-state index in [1.54, 1.807) is 34.6 Å². The van der Waals surface area contributed by atoms with E-state index in [0.29, 0.717) is 5.71 Å². The number of alkyl carbamates (subject to hydrolysis) is 1. The summed E-state index contributed by atoms with van der Waals surface area (Å²) in [5.41, 5.74) is 4.43. The molecule has 0 heterocycles. The Hall–Kier alpha value is -6.30. The van der Waals surface area contributed by atoms with Crippen molar-refractivity contribution in [3.05, 3.63) is 144 Å². The van der Waals surface area contributed by atoms with Gasteiger partial charge >= 0.3 is 6.09 Å². The Kier molecular flexibility index (Phi) is 16.5. The Morgan fingerprint density at radius 1 is 0.610 bits per heavy atom. The highest BCUT2D eigenvalue weighted by atomic mass is 16.6. The van der Waals surface area contributed by atoms with Gasteiger partial charge in [-0.25, -0.2) is 10.2 Å². The maximum absolute atomic E-state index is 14.3. The molecule has 12 nitrogen and oxygen atoms in total. The molecule has 0 fully saturated rings. The number of hydrazone groups is 1. The van der Waals surface area contributed by atoms with Crippen LogP contribution in [-0.2, 0) is 35.9 Å². The van der Waals surface area contributed by atoms with E-state index in [1.807, 2.05) is 135 Å². The molecule has 312 valence electrons. The summed E-state index contributed by atoms with van der Waals surface area (Å²) in [5.74, 6) is -2.25. The number of nitrogens with zero attached hydrogens (tertiary/aromatic N) is 1. The van der Waals surface area contributed by atoms with E-state index in [4.69, 9.17) is 4.74 Å². The standard InChI is InChI=1S/C47H58N6O6/c1-32(2)30-39(50-45(58)59-46(5,6)7)42(55)49-40(31-34-20-12-8-13-21-34)43(56)48-38(44(57)53-52-33(3)4)28-29-41(54)51-47(35-22-14-9-15-23-35,36-24-16-10-17-25-36)37-26-18-11-19-27-37/h8-27,32,38-40H,28-31H2,1-7H3,(H,48,56)(H,49,55)(H,50,58)(H,51,54)(H,53,57). The van der Waals surface area contributed by atoms with Crippen LogP contribution in [0.1, 0.15) is 90.0 Å². The second-order valence-corrected chi connectivity index (χ2v) is 16.1. The lowest BCUT2D eigenvalue weighted by Crippen LogP contribution is -2.57. The maximum atomic E-state index is 14.3. The largest absolute Gasteiger partial charge is 0.444 e. The third kappa shape index (κ3) is 13.9. The van der Waals surface area contributed by atoms with E-state index in [1.165, 1.54) is 0 Å². The summed E-state index contributed by atoms with van der Waals surface area (Å²) in [4.78, 5) is 68.8. The van der Waals surface area contributed by atoms with E-state index in [9.17, 15) is 24.0 Å². The molecule has 0 saturated carbocycles. The number of carbonyl (C=O) groups excluding carboxylic acids is 5. The molecule has 5 amide bonds. The number of carbonyl (C=O) groups is 5. The van der Waals surface area contributed by atoms with Crippen LogP contribution in [0, 0.1) is 5.92 Å². The van der Waals surface area contributed by atoms with E-state index in [2.05, 4.69) is 31.8 Å². The first-order valence-corrected chi connectivity index (χ1v) is 20.0. The molecule has 0 aromatic heterocycles. The number of hydrogen-bond donors (Lipinski definition) is 5. The smallest absolute Gasteiger partial charge is 0.408 e.